The van der Waals surface area contributed by atoms with E-state index in [0.717, 1.165) is 37.2 Å². The molecule has 1 aliphatic rings. The minimum absolute atomic E-state index is 0.332. The molecule has 1 fully saturated rings. The first-order valence-electron chi connectivity index (χ1n) is 9.20. The lowest BCUT2D eigenvalue weighted by Gasteiger charge is -2.30. The maximum atomic E-state index is 6.19. The molecular formula is C19H24Cl2N6S. The molecule has 150 valence electrons. The van der Waals surface area contributed by atoms with Crippen LogP contribution in [-0.4, -0.2) is 41.3 Å². The van der Waals surface area contributed by atoms with Crippen molar-refractivity contribution in [3.05, 3.63) is 40.5 Å². The Morgan fingerprint density at radius 3 is 2.50 bits per heavy atom. The van der Waals surface area contributed by atoms with Crippen LogP contribution < -0.4 is 20.9 Å². The molecule has 0 saturated heterocycles. The zero-order valence-corrected chi connectivity index (χ0v) is 18.2. The van der Waals surface area contributed by atoms with Gasteiger partial charge in [0.1, 0.15) is 5.82 Å². The van der Waals surface area contributed by atoms with Gasteiger partial charge < -0.3 is 20.9 Å². The summed E-state index contributed by atoms with van der Waals surface area (Å²) in [5.74, 6) is 1.57. The average Bonchev–Trinajstić information content (AvgIpc) is 2.66. The van der Waals surface area contributed by atoms with E-state index < -0.39 is 0 Å². The highest BCUT2D eigenvalue weighted by Gasteiger charge is 2.22. The molecule has 0 spiro atoms. The fourth-order valence-electron chi connectivity index (χ4n) is 3.17. The highest BCUT2D eigenvalue weighted by molar-refractivity contribution is 7.80. The monoisotopic (exact) mass is 438 g/mol. The van der Waals surface area contributed by atoms with Gasteiger partial charge in [-0.3, -0.25) is 0 Å². The second-order valence-corrected chi connectivity index (χ2v) is 8.30. The lowest BCUT2D eigenvalue weighted by Crippen LogP contribution is -2.42. The smallest absolute Gasteiger partial charge is 0.224 e. The lowest BCUT2D eigenvalue weighted by molar-refractivity contribution is 0.387. The quantitative estimate of drug-likeness (QED) is 0.591. The van der Waals surface area contributed by atoms with E-state index in [2.05, 4.69) is 25.9 Å². The summed E-state index contributed by atoms with van der Waals surface area (Å²) in [5.41, 5.74) is 0.747. The normalized spacial score (nSPS) is 19.0. The van der Waals surface area contributed by atoms with Crippen molar-refractivity contribution in [3.63, 3.8) is 0 Å². The zero-order valence-electron chi connectivity index (χ0n) is 15.9. The Balaban J connectivity index is 1.46. The van der Waals surface area contributed by atoms with Crippen LogP contribution in [0.5, 0.6) is 0 Å². The van der Waals surface area contributed by atoms with Crippen molar-refractivity contribution < 1.29 is 0 Å². The maximum Gasteiger partial charge on any atom is 0.224 e. The first-order valence-corrected chi connectivity index (χ1v) is 10.4. The van der Waals surface area contributed by atoms with Gasteiger partial charge in [0.15, 0.2) is 5.11 Å². The molecule has 9 heteroatoms. The molecule has 6 nitrogen and oxygen atoms in total. The first-order chi connectivity index (χ1) is 13.4. The van der Waals surface area contributed by atoms with Gasteiger partial charge in [0, 0.05) is 37.4 Å². The number of rotatable bonds is 5. The van der Waals surface area contributed by atoms with Crippen LogP contribution in [0.1, 0.15) is 25.7 Å². The minimum atomic E-state index is 0.332. The number of hydrogen-bond donors (Lipinski definition) is 3. The summed E-state index contributed by atoms with van der Waals surface area (Å²) in [6.45, 7) is 0. The summed E-state index contributed by atoms with van der Waals surface area (Å²) >= 11 is 17.5. The van der Waals surface area contributed by atoms with Gasteiger partial charge in [0.05, 0.1) is 10.7 Å². The van der Waals surface area contributed by atoms with Gasteiger partial charge in [-0.05, 0) is 62.2 Å². The van der Waals surface area contributed by atoms with Crippen LogP contribution in [0.2, 0.25) is 10.0 Å². The van der Waals surface area contributed by atoms with Crippen molar-refractivity contribution in [2.24, 2.45) is 0 Å². The second kappa shape index (κ2) is 9.58. The highest BCUT2D eigenvalue weighted by atomic mass is 35.5. The van der Waals surface area contributed by atoms with Crippen LogP contribution in [0.15, 0.2) is 30.5 Å². The van der Waals surface area contributed by atoms with Gasteiger partial charge in [-0.1, -0.05) is 23.2 Å². The highest BCUT2D eigenvalue weighted by Crippen LogP contribution is 2.26. The van der Waals surface area contributed by atoms with Crippen LogP contribution in [0, 0.1) is 0 Å². The Labute approximate surface area is 181 Å². The standard InChI is InChI=1S/C19H24Cl2N6S/c1-27(2)17-9-10-22-18(26-17)23-13-4-6-14(7-5-13)24-19(28)25-16-8-3-12(20)11-15(16)21/h3,8-11,13-14H,4-7H2,1-2H3,(H,22,23,26)(H2,24,25,28)/t13-,14+. The zero-order chi connectivity index (χ0) is 20.1. The van der Waals surface area contributed by atoms with Crippen molar-refractivity contribution in [3.8, 4) is 0 Å². The van der Waals surface area contributed by atoms with Crippen LogP contribution in [0.25, 0.3) is 0 Å². The predicted molar refractivity (Wildman–Crippen MR) is 122 cm³/mol. The number of aromatic nitrogens is 2. The molecule has 1 saturated carbocycles. The van der Waals surface area contributed by atoms with E-state index in [9.17, 15) is 0 Å². The summed E-state index contributed by atoms with van der Waals surface area (Å²) < 4.78 is 0. The van der Waals surface area contributed by atoms with Gasteiger partial charge in [-0.2, -0.15) is 4.98 Å². The topological polar surface area (TPSA) is 65.1 Å². The van der Waals surface area contributed by atoms with E-state index in [1.807, 2.05) is 31.1 Å². The minimum Gasteiger partial charge on any atom is -0.363 e. The van der Waals surface area contributed by atoms with Crippen molar-refractivity contribution >= 4 is 58.0 Å². The molecule has 0 amide bonds. The number of nitrogens with zero attached hydrogens (tertiary/aromatic N) is 3. The van der Waals surface area contributed by atoms with E-state index in [1.54, 1.807) is 18.3 Å². The van der Waals surface area contributed by atoms with Crippen molar-refractivity contribution in [1.82, 2.24) is 15.3 Å². The Bertz CT molecular complexity index is 824. The van der Waals surface area contributed by atoms with Crippen molar-refractivity contribution in [2.75, 3.05) is 29.6 Å². The molecule has 1 aromatic carbocycles. The fourth-order valence-corrected chi connectivity index (χ4v) is 3.90. The molecule has 1 heterocycles. The first kappa shape index (κ1) is 20.9. The summed E-state index contributed by atoms with van der Waals surface area (Å²) in [7, 11) is 3.94. The van der Waals surface area contributed by atoms with Crippen LogP contribution in [-0.2, 0) is 0 Å². The Morgan fingerprint density at radius 2 is 1.82 bits per heavy atom. The number of benzene rings is 1. The maximum absolute atomic E-state index is 6.19. The molecule has 0 atom stereocenters. The fraction of sp³-hybridized carbons (Fsp3) is 0.421. The molecule has 3 rings (SSSR count). The van der Waals surface area contributed by atoms with Crippen LogP contribution in [0.4, 0.5) is 17.5 Å². The van der Waals surface area contributed by atoms with E-state index in [4.69, 9.17) is 35.4 Å². The lowest BCUT2D eigenvalue weighted by atomic mass is 9.91. The molecule has 0 aliphatic heterocycles. The van der Waals surface area contributed by atoms with E-state index in [0.29, 0.717) is 33.2 Å². The molecule has 0 bridgehead atoms. The van der Waals surface area contributed by atoms with Gasteiger partial charge in [0.2, 0.25) is 5.95 Å². The summed E-state index contributed by atoms with van der Waals surface area (Å²) in [6, 6.07) is 7.88. The van der Waals surface area contributed by atoms with Gasteiger partial charge >= 0.3 is 0 Å². The van der Waals surface area contributed by atoms with E-state index in [-0.39, 0.29) is 0 Å². The van der Waals surface area contributed by atoms with Crippen molar-refractivity contribution in [2.45, 2.75) is 37.8 Å². The van der Waals surface area contributed by atoms with Crippen LogP contribution >= 0.6 is 35.4 Å². The number of hydrogen-bond acceptors (Lipinski definition) is 5. The van der Waals surface area contributed by atoms with E-state index in [1.165, 1.54) is 0 Å². The van der Waals surface area contributed by atoms with Gasteiger partial charge in [0.25, 0.3) is 0 Å². The number of nitrogens with one attached hydrogen (secondary N) is 3. The molecule has 1 aliphatic carbocycles. The molecule has 0 radical (unpaired) electrons. The third-order valence-electron chi connectivity index (χ3n) is 4.67. The van der Waals surface area contributed by atoms with Crippen molar-refractivity contribution in [1.29, 1.82) is 0 Å². The summed E-state index contributed by atoms with van der Waals surface area (Å²) in [4.78, 5) is 10.8. The third-order valence-corrected chi connectivity index (χ3v) is 5.44. The molecule has 0 unspecified atom stereocenters. The predicted octanol–water partition coefficient (Wildman–Crippen LogP) is 4.56. The Hall–Kier alpha value is -1.83. The van der Waals surface area contributed by atoms with Gasteiger partial charge in [-0.15, -0.1) is 0 Å². The van der Waals surface area contributed by atoms with E-state index >= 15 is 0 Å². The number of thiocarbonyl (C=S) groups is 1. The molecular weight excluding hydrogens is 415 g/mol. The van der Waals surface area contributed by atoms with Gasteiger partial charge in [-0.25, -0.2) is 4.98 Å². The SMILES string of the molecule is CN(C)c1ccnc(N[C@H]2CC[C@@H](NC(=S)Nc3ccc(Cl)cc3Cl)CC2)n1. The number of halogens is 2. The molecule has 3 N–H and O–H groups in total. The number of anilines is 3. The summed E-state index contributed by atoms with van der Waals surface area (Å²) in [6.07, 6.45) is 5.86. The Morgan fingerprint density at radius 1 is 1.11 bits per heavy atom. The largest absolute Gasteiger partial charge is 0.363 e. The molecule has 28 heavy (non-hydrogen) atoms. The second-order valence-electron chi connectivity index (χ2n) is 7.05. The summed E-state index contributed by atoms with van der Waals surface area (Å²) in [5, 5.41) is 11.7. The molecule has 1 aromatic heterocycles. The third kappa shape index (κ3) is 5.83. The molecule has 2 aromatic rings. The average molecular weight is 439 g/mol. The Kier molecular flexibility index (Phi) is 7.15. The van der Waals surface area contributed by atoms with Crippen LogP contribution in [0.3, 0.4) is 0 Å².